The molecule has 0 N–H and O–H groups in total. The highest BCUT2D eigenvalue weighted by Crippen LogP contribution is 2.45. The van der Waals surface area contributed by atoms with Gasteiger partial charge < -0.3 is 0 Å². The van der Waals surface area contributed by atoms with Gasteiger partial charge in [0.05, 0.1) is 16.1 Å². The first-order valence-electron chi connectivity index (χ1n) is 10.5. The van der Waals surface area contributed by atoms with Gasteiger partial charge in [0.2, 0.25) is 0 Å². The smallest absolute Gasteiger partial charge is 0.157 e. The second-order valence-corrected chi connectivity index (χ2v) is 11.1. The third kappa shape index (κ3) is 3.82. The largest absolute Gasteiger partial charge is 0.254 e. The summed E-state index contributed by atoms with van der Waals surface area (Å²) in [7, 11) is -1.62. The van der Waals surface area contributed by atoms with Gasteiger partial charge in [-0.3, -0.25) is 3.97 Å². The molecule has 0 bridgehead atoms. The molecule has 5 aromatic rings. The summed E-state index contributed by atoms with van der Waals surface area (Å²) < 4.78 is 31.3. The Morgan fingerprint density at radius 2 is 1.85 bits per heavy atom. The van der Waals surface area contributed by atoms with E-state index < -0.39 is 16.8 Å². The zero-order valence-electron chi connectivity index (χ0n) is 18.3. The van der Waals surface area contributed by atoms with E-state index in [0.29, 0.717) is 37.5 Å². The van der Waals surface area contributed by atoms with E-state index in [-0.39, 0.29) is 0 Å². The van der Waals surface area contributed by atoms with Crippen LogP contribution < -0.4 is 0 Å². The van der Waals surface area contributed by atoms with Gasteiger partial charge in [-0.1, -0.05) is 34.1 Å². The first-order chi connectivity index (χ1) is 16.4. The second-order valence-electron chi connectivity index (χ2n) is 7.96. The Bertz CT molecular complexity index is 1640. The van der Waals surface area contributed by atoms with E-state index in [1.54, 1.807) is 10.0 Å². The van der Waals surface area contributed by atoms with E-state index in [1.165, 1.54) is 23.5 Å². The van der Waals surface area contributed by atoms with Crippen molar-refractivity contribution in [3.8, 4) is 28.5 Å². The van der Waals surface area contributed by atoms with Crippen molar-refractivity contribution in [2.24, 2.45) is 0 Å². The van der Waals surface area contributed by atoms with Crippen molar-refractivity contribution in [3.63, 3.8) is 0 Å². The molecule has 2 heterocycles. The number of thiophene rings is 1. The molecule has 0 aliphatic rings. The van der Waals surface area contributed by atoms with Gasteiger partial charge in [-0.2, -0.15) is 5.26 Å². The fourth-order valence-electron chi connectivity index (χ4n) is 4.10. The van der Waals surface area contributed by atoms with Crippen LogP contribution in [0.15, 0.2) is 81.5 Å². The molecule has 0 radical (unpaired) electrons. The van der Waals surface area contributed by atoms with Crippen molar-refractivity contribution in [1.82, 2.24) is 3.97 Å². The highest BCUT2D eigenvalue weighted by atomic mass is 79.9. The van der Waals surface area contributed by atoms with Crippen LogP contribution >= 0.6 is 27.3 Å². The molecule has 1 atom stereocenters. The minimum atomic E-state index is -1.62. The molecule has 2 aromatic heterocycles. The van der Waals surface area contributed by atoms with Gasteiger partial charge in [-0.25, -0.2) is 8.60 Å². The van der Waals surface area contributed by atoms with Crippen LogP contribution in [-0.2, 0) is 11.0 Å². The number of hydrogen-bond acceptors (Lipinski definition) is 3. The highest BCUT2D eigenvalue weighted by molar-refractivity contribution is 9.10. The lowest BCUT2D eigenvalue weighted by Crippen LogP contribution is -2.07. The molecular formula is C27H18BrFN2OS2. The molecule has 3 nitrogen and oxygen atoms in total. The molecule has 0 aliphatic heterocycles. The minimum absolute atomic E-state index is 0.391. The summed E-state index contributed by atoms with van der Waals surface area (Å²) in [6, 6.07) is 22.1. The van der Waals surface area contributed by atoms with Gasteiger partial charge in [0, 0.05) is 26.5 Å². The van der Waals surface area contributed by atoms with Crippen molar-refractivity contribution in [1.29, 1.82) is 5.26 Å². The highest BCUT2D eigenvalue weighted by Gasteiger charge is 2.26. The van der Waals surface area contributed by atoms with Crippen molar-refractivity contribution < 1.29 is 8.60 Å². The second kappa shape index (κ2) is 8.95. The quantitative estimate of drug-likeness (QED) is 0.228. The number of rotatable bonds is 4. The zero-order chi connectivity index (χ0) is 24.0. The summed E-state index contributed by atoms with van der Waals surface area (Å²) in [4.78, 5) is 1.18. The topological polar surface area (TPSA) is 45.8 Å². The Kier molecular flexibility index (Phi) is 5.98. The van der Waals surface area contributed by atoms with Gasteiger partial charge in [0.25, 0.3) is 0 Å². The van der Waals surface area contributed by atoms with E-state index in [2.05, 4.69) is 22.0 Å². The lowest BCUT2D eigenvalue weighted by molar-refractivity contribution is 0.629. The third-order valence-corrected chi connectivity index (χ3v) is 8.55. The SMILES string of the molecule is Cc1ccc(S(=O)n2c(-c3cccc(Br)c3)c(-c3ccsc3C#N)c3cc(F)ccc32)cc1C. The van der Waals surface area contributed by atoms with Crippen LogP contribution in [0.5, 0.6) is 0 Å². The summed E-state index contributed by atoms with van der Waals surface area (Å²) in [5, 5.41) is 12.2. The van der Waals surface area contributed by atoms with E-state index in [1.807, 2.05) is 67.8 Å². The first-order valence-corrected chi connectivity index (χ1v) is 13.2. The molecule has 1 unspecified atom stereocenters. The maximum atomic E-state index is 14.5. The number of fused-ring (bicyclic) bond motifs is 1. The number of nitrogens with zero attached hydrogens (tertiary/aromatic N) is 2. The van der Waals surface area contributed by atoms with Crippen LogP contribution in [0, 0.1) is 31.0 Å². The van der Waals surface area contributed by atoms with E-state index in [0.717, 1.165) is 21.2 Å². The molecule has 168 valence electrons. The first kappa shape index (κ1) is 22.7. The Balaban J connectivity index is 1.94. The van der Waals surface area contributed by atoms with Crippen LogP contribution in [0.25, 0.3) is 33.3 Å². The summed E-state index contributed by atoms with van der Waals surface area (Å²) in [5.41, 5.74) is 5.68. The summed E-state index contributed by atoms with van der Waals surface area (Å²) >= 11 is 4.88. The average Bonchev–Trinajstić information content (AvgIpc) is 3.42. The zero-order valence-corrected chi connectivity index (χ0v) is 21.5. The molecule has 0 saturated heterocycles. The molecule has 0 fully saturated rings. The van der Waals surface area contributed by atoms with Gasteiger partial charge in [-0.05, 0) is 78.9 Å². The lowest BCUT2D eigenvalue weighted by Gasteiger charge is -2.13. The molecule has 3 aromatic carbocycles. The molecule has 7 heteroatoms. The summed E-state index contributed by atoms with van der Waals surface area (Å²) in [6.45, 7) is 4.01. The Hall–Kier alpha value is -3.05. The van der Waals surface area contributed by atoms with Crippen LogP contribution in [0.4, 0.5) is 4.39 Å². The molecule has 5 rings (SSSR count). The summed E-state index contributed by atoms with van der Waals surface area (Å²) in [6.07, 6.45) is 0. The molecule has 34 heavy (non-hydrogen) atoms. The van der Waals surface area contributed by atoms with Crippen LogP contribution in [0.3, 0.4) is 0 Å². The monoisotopic (exact) mass is 548 g/mol. The predicted octanol–water partition coefficient (Wildman–Crippen LogP) is 8.00. The number of aryl methyl sites for hydroxylation is 2. The molecule has 0 aliphatic carbocycles. The van der Waals surface area contributed by atoms with Crippen molar-refractivity contribution in [3.05, 3.63) is 98.4 Å². The van der Waals surface area contributed by atoms with Crippen molar-refractivity contribution in [2.75, 3.05) is 0 Å². The fraction of sp³-hybridized carbons (Fsp3) is 0.0741. The minimum Gasteiger partial charge on any atom is -0.254 e. The molecule has 0 amide bonds. The maximum absolute atomic E-state index is 14.5. The third-order valence-electron chi connectivity index (χ3n) is 5.87. The number of benzene rings is 3. The van der Waals surface area contributed by atoms with Crippen LogP contribution in [-0.4, -0.2) is 8.18 Å². The van der Waals surface area contributed by atoms with Gasteiger partial charge in [0.1, 0.15) is 16.8 Å². The fourth-order valence-corrected chi connectivity index (χ4v) is 6.56. The van der Waals surface area contributed by atoms with Gasteiger partial charge in [0.15, 0.2) is 11.0 Å². The van der Waals surface area contributed by atoms with Gasteiger partial charge >= 0.3 is 0 Å². The Morgan fingerprint density at radius 1 is 1.03 bits per heavy atom. The average molecular weight is 549 g/mol. The number of nitriles is 1. The van der Waals surface area contributed by atoms with E-state index in [4.69, 9.17) is 0 Å². The van der Waals surface area contributed by atoms with Crippen molar-refractivity contribution in [2.45, 2.75) is 18.7 Å². The predicted molar refractivity (Wildman–Crippen MR) is 141 cm³/mol. The normalized spacial score (nSPS) is 12.1. The standard InChI is InChI=1S/C27H18BrFN2OS2/c1-16-6-8-21(12-17(16)2)34(32)31-24-9-7-20(29)14-23(24)26(22-10-11-33-25(22)15-30)27(31)18-4-3-5-19(28)13-18/h3-14H,1-2H3. The number of hydrogen-bond donors (Lipinski definition) is 0. The van der Waals surface area contributed by atoms with Crippen LogP contribution in [0.1, 0.15) is 16.0 Å². The van der Waals surface area contributed by atoms with E-state index in [9.17, 15) is 13.9 Å². The van der Waals surface area contributed by atoms with Crippen LogP contribution in [0.2, 0.25) is 0 Å². The van der Waals surface area contributed by atoms with Gasteiger partial charge in [-0.15, -0.1) is 11.3 Å². The summed E-state index contributed by atoms with van der Waals surface area (Å²) in [5.74, 6) is -0.391. The molecule has 0 spiro atoms. The molecular weight excluding hydrogens is 531 g/mol. The number of halogens is 2. The molecule has 0 saturated carbocycles. The van der Waals surface area contributed by atoms with E-state index >= 15 is 0 Å². The Labute approximate surface area is 211 Å². The lowest BCUT2D eigenvalue weighted by atomic mass is 9.99. The number of aromatic nitrogens is 1. The Morgan fingerprint density at radius 3 is 2.59 bits per heavy atom. The maximum Gasteiger partial charge on any atom is 0.157 e. The van der Waals surface area contributed by atoms with Crippen molar-refractivity contribution >= 4 is 49.2 Å².